The van der Waals surface area contributed by atoms with Crippen molar-refractivity contribution in [2.75, 3.05) is 0 Å². The molecule has 0 bridgehead atoms. The first-order chi connectivity index (χ1) is 12.0. The van der Waals surface area contributed by atoms with E-state index in [0.717, 1.165) is 40.7 Å². The van der Waals surface area contributed by atoms with Gasteiger partial charge in [-0.15, -0.1) is 0 Å². The molecule has 0 radical (unpaired) electrons. The standard InChI is InChI=1S/C23H30O2/c1-5-6-7-8-9-16(2)23(25)20-12-10-19(11-13-20)21-14-15-22(24)18(4)17(21)3/h10-16,24H,5-9H2,1-4H3. The van der Waals surface area contributed by atoms with Crippen LogP contribution in [-0.4, -0.2) is 10.9 Å². The van der Waals surface area contributed by atoms with Crippen molar-refractivity contribution >= 4 is 5.78 Å². The van der Waals surface area contributed by atoms with E-state index >= 15 is 0 Å². The number of Topliss-reactive ketones (excluding diaryl/α,β-unsaturated/α-hetero) is 1. The Morgan fingerprint density at radius 2 is 1.64 bits per heavy atom. The molecule has 2 nitrogen and oxygen atoms in total. The van der Waals surface area contributed by atoms with Crippen LogP contribution in [0.1, 0.15) is 67.4 Å². The van der Waals surface area contributed by atoms with Gasteiger partial charge in [-0.3, -0.25) is 4.79 Å². The van der Waals surface area contributed by atoms with E-state index in [-0.39, 0.29) is 11.7 Å². The van der Waals surface area contributed by atoms with Gasteiger partial charge in [-0.2, -0.15) is 0 Å². The van der Waals surface area contributed by atoms with Crippen molar-refractivity contribution in [3.8, 4) is 16.9 Å². The summed E-state index contributed by atoms with van der Waals surface area (Å²) in [7, 11) is 0. The van der Waals surface area contributed by atoms with Crippen LogP contribution in [0.5, 0.6) is 5.75 Å². The third kappa shape index (κ3) is 4.72. The highest BCUT2D eigenvalue weighted by atomic mass is 16.3. The van der Waals surface area contributed by atoms with Crippen LogP contribution < -0.4 is 0 Å². The van der Waals surface area contributed by atoms with E-state index in [2.05, 4.69) is 6.92 Å². The molecule has 0 aliphatic rings. The molecule has 25 heavy (non-hydrogen) atoms. The van der Waals surface area contributed by atoms with E-state index in [9.17, 15) is 9.90 Å². The van der Waals surface area contributed by atoms with Crippen molar-refractivity contribution in [1.82, 2.24) is 0 Å². The van der Waals surface area contributed by atoms with Gasteiger partial charge in [0.25, 0.3) is 0 Å². The molecule has 0 aliphatic carbocycles. The summed E-state index contributed by atoms with van der Waals surface area (Å²) in [5.41, 5.74) is 4.94. The molecule has 0 saturated carbocycles. The van der Waals surface area contributed by atoms with Gasteiger partial charge >= 0.3 is 0 Å². The molecule has 0 amide bonds. The van der Waals surface area contributed by atoms with Gasteiger partial charge in [0.2, 0.25) is 0 Å². The highest BCUT2D eigenvalue weighted by Gasteiger charge is 2.15. The molecule has 134 valence electrons. The Bertz CT molecular complexity index is 714. The fourth-order valence-electron chi connectivity index (χ4n) is 3.23. The van der Waals surface area contributed by atoms with Crippen LogP contribution in [0.25, 0.3) is 11.1 Å². The monoisotopic (exact) mass is 338 g/mol. The fraction of sp³-hybridized carbons (Fsp3) is 0.435. The number of benzene rings is 2. The number of hydrogen-bond donors (Lipinski definition) is 1. The summed E-state index contributed by atoms with van der Waals surface area (Å²) in [6.45, 7) is 8.18. The van der Waals surface area contributed by atoms with Crippen LogP contribution in [0.2, 0.25) is 0 Å². The van der Waals surface area contributed by atoms with Crippen LogP contribution in [0, 0.1) is 19.8 Å². The number of ketones is 1. The number of phenolic OH excluding ortho intramolecular Hbond substituents is 1. The van der Waals surface area contributed by atoms with Crippen LogP contribution in [0.4, 0.5) is 0 Å². The second kappa shape index (κ2) is 8.84. The van der Waals surface area contributed by atoms with E-state index in [1.54, 1.807) is 6.07 Å². The van der Waals surface area contributed by atoms with E-state index in [4.69, 9.17) is 0 Å². The molecule has 2 rings (SSSR count). The molecule has 0 aliphatic heterocycles. The summed E-state index contributed by atoms with van der Waals surface area (Å²) in [5.74, 6) is 0.645. The number of hydrogen-bond acceptors (Lipinski definition) is 2. The van der Waals surface area contributed by atoms with Crippen molar-refractivity contribution in [2.45, 2.75) is 59.8 Å². The zero-order valence-corrected chi connectivity index (χ0v) is 15.9. The summed E-state index contributed by atoms with van der Waals surface area (Å²) in [4.78, 5) is 12.6. The smallest absolute Gasteiger partial charge is 0.165 e. The molecule has 0 aromatic heterocycles. The highest BCUT2D eigenvalue weighted by Crippen LogP contribution is 2.30. The molecule has 2 heteroatoms. The highest BCUT2D eigenvalue weighted by molar-refractivity contribution is 5.98. The first kappa shape index (κ1) is 19.2. The molecule has 1 unspecified atom stereocenters. The van der Waals surface area contributed by atoms with E-state index in [1.165, 1.54) is 19.3 Å². The van der Waals surface area contributed by atoms with Gasteiger partial charge in [0, 0.05) is 11.5 Å². The normalized spacial score (nSPS) is 12.2. The molecule has 0 spiro atoms. The summed E-state index contributed by atoms with van der Waals surface area (Å²) in [6, 6.07) is 11.6. The Labute approximate surface area is 151 Å². The minimum Gasteiger partial charge on any atom is -0.508 e. The van der Waals surface area contributed by atoms with E-state index < -0.39 is 0 Å². The first-order valence-electron chi connectivity index (χ1n) is 9.39. The molecule has 0 heterocycles. The van der Waals surface area contributed by atoms with Gasteiger partial charge in [0.05, 0.1) is 0 Å². The Morgan fingerprint density at radius 3 is 2.28 bits per heavy atom. The summed E-state index contributed by atoms with van der Waals surface area (Å²) >= 11 is 0. The predicted octanol–water partition coefficient (Wildman–Crippen LogP) is 6.47. The van der Waals surface area contributed by atoms with Gasteiger partial charge in [-0.25, -0.2) is 0 Å². The molecule has 0 saturated heterocycles. The number of carbonyl (C=O) groups excluding carboxylic acids is 1. The van der Waals surface area contributed by atoms with Crippen LogP contribution in [0.3, 0.4) is 0 Å². The maximum absolute atomic E-state index is 12.6. The van der Waals surface area contributed by atoms with Crippen LogP contribution in [0.15, 0.2) is 36.4 Å². The minimum absolute atomic E-state index is 0.0837. The second-order valence-corrected chi connectivity index (χ2v) is 7.07. The molecule has 0 fully saturated rings. The summed E-state index contributed by atoms with van der Waals surface area (Å²) in [6.07, 6.45) is 5.79. The SMILES string of the molecule is CCCCCCC(C)C(=O)c1ccc(-c2ccc(O)c(C)c2C)cc1. The maximum atomic E-state index is 12.6. The van der Waals surface area contributed by atoms with Gasteiger partial charge < -0.3 is 5.11 Å². The number of rotatable bonds is 8. The van der Waals surface area contributed by atoms with Crippen molar-refractivity contribution in [3.05, 3.63) is 53.1 Å². The zero-order valence-electron chi connectivity index (χ0n) is 15.9. The Hall–Kier alpha value is -2.09. The molecule has 1 N–H and O–H groups in total. The first-order valence-corrected chi connectivity index (χ1v) is 9.39. The zero-order chi connectivity index (χ0) is 18.4. The molecular formula is C23H30O2. The van der Waals surface area contributed by atoms with Gasteiger partial charge in [0.15, 0.2) is 5.78 Å². The number of aromatic hydroxyl groups is 1. The van der Waals surface area contributed by atoms with Gasteiger partial charge in [-0.05, 0) is 48.6 Å². The van der Waals surface area contributed by atoms with Crippen molar-refractivity contribution in [3.63, 3.8) is 0 Å². The lowest BCUT2D eigenvalue weighted by atomic mass is 9.91. The third-order valence-electron chi connectivity index (χ3n) is 5.18. The predicted molar refractivity (Wildman–Crippen MR) is 105 cm³/mol. The van der Waals surface area contributed by atoms with Crippen LogP contribution in [-0.2, 0) is 0 Å². The number of unbranched alkanes of at least 4 members (excludes halogenated alkanes) is 3. The lowest BCUT2D eigenvalue weighted by Crippen LogP contribution is -2.11. The van der Waals surface area contributed by atoms with Crippen LogP contribution >= 0.6 is 0 Å². The van der Waals surface area contributed by atoms with Gasteiger partial charge in [-0.1, -0.05) is 69.9 Å². The van der Waals surface area contributed by atoms with Crippen molar-refractivity contribution < 1.29 is 9.90 Å². The lowest BCUT2D eigenvalue weighted by Gasteiger charge is -2.13. The molecule has 1 atom stereocenters. The third-order valence-corrected chi connectivity index (χ3v) is 5.18. The topological polar surface area (TPSA) is 37.3 Å². The lowest BCUT2D eigenvalue weighted by molar-refractivity contribution is 0.0922. The summed E-state index contributed by atoms with van der Waals surface area (Å²) in [5, 5.41) is 9.81. The number of carbonyl (C=O) groups is 1. The number of phenols is 1. The van der Waals surface area contributed by atoms with Crippen molar-refractivity contribution in [1.29, 1.82) is 0 Å². The summed E-state index contributed by atoms with van der Waals surface area (Å²) < 4.78 is 0. The maximum Gasteiger partial charge on any atom is 0.165 e. The Balaban J connectivity index is 2.09. The quantitative estimate of drug-likeness (QED) is 0.442. The van der Waals surface area contributed by atoms with E-state index in [1.807, 2.05) is 51.1 Å². The van der Waals surface area contributed by atoms with E-state index in [0.29, 0.717) is 5.75 Å². The van der Waals surface area contributed by atoms with Crippen molar-refractivity contribution in [2.24, 2.45) is 5.92 Å². The fourth-order valence-corrected chi connectivity index (χ4v) is 3.23. The Kier molecular flexibility index (Phi) is 6.81. The van der Waals surface area contributed by atoms with Gasteiger partial charge in [0.1, 0.15) is 5.75 Å². The minimum atomic E-state index is 0.0837. The largest absolute Gasteiger partial charge is 0.508 e. The Morgan fingerprint density at radius 1 is 0.960 bits per heavy atom. The average molecular weight is 338 g/mol. The average Bonchev–Trinajstić information content (AvgIpc) is 2.63. The molecular weight excluding hydrogens is 308 g/mol. The molecule has 2 aromatic carbocycles. The second-order valence-electron chi connectivity index (χ2n) is 7.07. The molecule has 2 aromatic rings.